The van der Waals surface area contributed by atoms with Crippen LogP contribution in [0, 0.1) is 5.92 Å². The summed E-state index contributed by atoms with van der Waals surface area (Å²) < 4.78 is 6.28. The van der Waals surface area contributed by atoms with Crippen molar-refractivity contribution in [2.45, 2.75) is 59.3 Å². The lowest BCUT2D eigenvalue weighted by Crippen LogP contribution is -2.36. The van der Waals surface area contributed by atoms with Gasteiger partial charge in [-0.05, 0) is 84.9 Å². The van der Waals surface area contributed by atoms with Crippen LogP contribution in [0.15, 0.2) is 77.1 Å². The molecule has 1 saturated heterocycles. The lowest BCUT2D eigenvalue weighted by Gasteiger charge is -2.31. The third-order valence-corrected chi connectivity index (χ3v) is 7.79. The van der Waals surface area contributed by atoms with Gasteiger partial charge < -0.3 is 9.64 Å². The summed E-state index contributed by atoms with van der Waals surface area (Å²) in [5, 5.41) is 0. The van der Waals surface area contributed by atoms with Crippen molar-refractivity contribution in [3.8, 4) is 0 Å². The van der Waals surface area contributed by atoms with Gasteiger partial charge in [-0.1, -0.05) is 61.5 Å². The molecule has 0 bridgehead atoms. The Morgan fingerprint density at radius 2 is 1.54 bits per heavy atom. The van der Waals surface area contributed by atoms with E-state index in [1.165, 1.54) is 45.4 Å². The Labute approximate surface area is 210 Å². The predicted molar refractivity (Wildman–Crippen MR) is 143 cm³/mol. The highest BCUT2D eigenvalue weighted by molar-refractivity contribution is 5.89. The van der Waals surface area contributed by atoms with Crippen LogP contribution in [-0.4, -0.2) is 30.5 Å². The van der Waals surface area contributed by atoms with Crippen molar-refractivity contribution in [2.24, 2.45) is 5.92 Å². The Balaban J connectivity index is 1.63. The molecule has 1 fully saturated rings. The first kappa shape index (κ1) is 23.7. The van der Waals surface area contributed by atoms with Crippen molar-refractivity contribution in [2.75, 3.05) is 19.7 Å². The summed E-state index contributed by atoms with van der Waals surface area (Å²) in [6.07, 6.45) is 8.26. The van der Waals surface area contributed by atoms with Crippen LogP contribution in [0.3, 0.4) is 0 Å². The Bertz CT molecular complexity index is 1160. The van der Waals surface area contributed by atoms with Gasteiger partial charge in [-0.25, -0.2) is 0 Å². The molecule has 1 atom stereocenters. The molecule has 2 aromatic rings. The fourth-order valence-electron chi connectivity index (χ4n) is 6.15. The van der Waals surface area contributed by atoms with E-state index in [-0.39, 0.29) is 11.8 Å². The van der Waals surface area contributed by atoms with Crippen LogP contribution in [0.5, 0.6) is 0 Å². The molecule has 35 heavy (non-hydrogen) atoms. The third-order valence-electron chi connectivity index (χ3n) is 7.79. The zero-order valence-corrected chi connectivity index (χ0v) is 21.4. The number of carbonyl (C=O) groups excluding carboxylic acids is 1. The molecule has 1 aliphatic heterocycles. The summed E-state index contributed by atoms with van der Waals surface area (Å²) in [6, 6.07) is 17.7. The molecule has 5 rings (SSSR count). The van der Waals surface area contributed by atoms with Crippen molar-refractivity contribution in [3.63, 3.8) is 0 Å². The number of aryl methyl sites for hydroxylation is 2. The lowest BCUT2D eigenvalue weighted by atomic mass is 9.77. The van der Waals surface area contributed by atoms with Crippen LogP contribution in [0.2, 0.25) is 0 Å². The maximum atomic E-state index is 13.2. The summed E-state index contributed by atoms with van der Waals surface area (Å²) in [7, 11) is 0. The van der Waals surface area contributed by atoms with Gasteiger partial charge in [0.25, 0.3) is 0 Å². The van der Waals surface area contributed by atoms with Gasteiger partial charge in [0, 0.05) is 24.6 Å². The number of rotatable bonds is 4. The molecule has 0 radical (unpaired) electrons. The van der Waals surface area contributed by atoms with Gasteiger partial charge in [-0.3, -0.25) is 4.79 Å². The van der Waals surface area contributed by atoms with Crippen LogP contribution in [0.4, 0.5) is 0 Å². The van der Waals surface area contributed by atoms with E-state index in [1.807, 2.05) is 11.8 Å². The third kappa shape index (κ3) is 4.61. The van der Waals surface area contributed by atoms with E-state index in [1.54, 1.807) is 0 Å². The molecule has 1 heterocycles. The zero-order chi connectivity index (χ0) is 24.4. The molecule has 2 aliphatic carbocycles. The predicted octanol–water partition coefficient (Wildman–Crippen LogP) is 6.88. The van der Waals surface area contributed by atoms with Gasteiger partial charge >= 0.3 is 0 Å². The van der Waals surface area contributed by atoms with Gasteiger partial charge in [0.1, 0.15) is 5.76 Å². The second-order valence-electron chi connectivity index (χ2n) is 10.1. The average molecular weight is 468 g/mol. The fourth-order valence-corrected chi connectivity index (χ4v) is 6.15. The number of nitrogens with zero attached hydrogens (tertiary/aromatic N) is 1. The molecule has 1 unspecified atom stereocenters. The number of carbonyl (C=O) groups is 1. The topological polar surface area (TPSA) is 29.5 Å². The van der Waals surface area contributed by atoms with Crippen LogP contribution in [-0.2, 0) is 22.4 Å². The number of benzene rings is 2. The first-order valence-electron chi connectivity index (χ1n) is 13.3. The Hall–Kier alpha value is -3.07. The smallest absolute Gasteiger partial charge is 0.227 e. The number of allylic oxidation sites excluding steroid dienone is 4. The summed E-state index contributed by atoms with van der Waals surface area (Å²) in [4.78, 5) is 15.2. The van der Waals surface area contributed by atoms with Crippen molar-refractivity contribution >= 4 is 11.5 Å². The summed E-state index contributed by atoms with van der Waals surface area (Å²) in [5.41, 5.74) is 10.3. The minimum atomic E-state index is 0.192. The highest BCUT2D eigenvalue weighted by atomic mass is 16.5. The van der Waals surface area contributed by atoms with E-state index in [0.717, 1.165) is 50.1 Å². The highest BCUT2D eigenvalue weighted by Gasteiger charge is 2.31. The molecule has 1 amide bonds. The molecule has 182 valence electrons. The molecule has 3 heteroatoms. The Kier molecular flexibility index (Phi) is 6.95. The Morgan fingerprint density at radius 3 is 2.14 bits per heavy atom. The quantitative estimate of drug-likeness (QED) is 0.491. The van der Waals surface area contributed by atoms with Gasteiger partial charge in [0.05, 0.1) is 13.0 Å². The molecule has 3 nitrogen and oxygen atoms in total. The minimum absolute atomic E-state index is 0.192. The number of hydrogen-bond donors (Lipinski definition) is 0. The first-order valence-corrected chi connectivity index (χ1v) is 13.3. The highest BCUT2D eigenvalue weighted by Crippen LogP contribution is 2.44. The van der Waals surface area contributed by atoms with E-state index in [9.17, 15) is 4.79 Å². The molecule has 0 saturated carbocycles. The number of likely N-dealkylation sites (tertiary alicyclic amines) is 1. The SMILES string of the molecule is CCOC1=C(C)C(=C2c3ccccc3CCc3ccccc32)C(C)C=C1CC(=O)N1CCCCC1. The van der Waals surface area contributed by atoms with Crippen molar-refractivity contribution in [1.82, 2.24) is 4.90 Å². The Morgan fingerprint density at radius 1 is 0.943 bits per heavy atom. The normalized spacial score (nSPS) is 20.1. The number of fused-ring (bicyclic) bond motifs is 2. The van der Waals surface area contributed by atoms with Gasteiger partial charge in [-0.2, -0.15) is 0 Å². The summed E-state index contributed by atoms with van der Waals surface area (Å²) in [6.45, 7) is 8.86. The first-order chi connectivity index (χ1) is 17.1. The average Bonchev–Trinajstić information content (AvgIpc) is 3.04. The van der Waals surface area contributed by atoms with Gasteiger partial charge in [-0.15, -0.1) is 0 Å². The van der Waals surface area contributed by atoms with Gasteiger partial charge in [0.15, 0.2) is 0 Å². The lowest BCUT2D eigenvalue weighted by molar-refractivity contribution is -0.131. The molecular formula is C32H37NO2. The number of amides is 1. The molecule has 0 N–H and O–H groups in total. The number of ether oxygens (including phenoxy) is 1. The van der Waals surface area contributed by atoms with E-state index in [0.29, 0.717) is 13.0 Å². The zero-order valence-electron chi connectivity index (χ0n) is 21.4. The standard InChI is InChI=1S/C32H37NO2/c1-4-35-32-23(3)30(22(2)20-26(32)21-29(34)33-18-10-5-11-19-33)31-27-14-8-6-12-24(27)16-17-25-13-7-9-15-28(25)31/h6-9,12-15,20,22H,4-5,10-11,16-19,21H2,1-3H3. The minimum Gasteiger partial charge on any atom is -0.493 e. The van der Waals surface area contributed by atoms with Crippen LogP contribution in [0.1, 0.15) is 68.7 Å². The van der Waals surface area contributed by atoms with E-state index >= 15 is 0 Å². The number of hydrogen-bond acceptors (Lipinski definition) is 2. The maximum Gasteiger partial charge on any atom is 0.227 e. The summed E-state index contributed by atoms with van der Waals surface area (Å²) >= 11 is 0. The van der Waals surface area contributed by atoms with E-state index in [4.69, 9.17) is 4.74 Å². The molecule has 0 spiro atoms. The second-order valence-corrected chi connectivity index (χ2v) is 10.1. The monoisotopic (exact) mass is 467 g/mol. The molecule has 3 aliphatic rings. The van der Waals surface area contributed by atoms with Crippen LogP contribution in [0.25, 0.3) is 5.57 Å². The molecule has 0 aromatic heterocycles. The molecule has 2 aromatic carbocycles. The number of piperidine rings is 1. The maximum absolute atomic E-state index is 13.2. The van der Waals surface area contributed by atoms with E-state index in [2.05, 4.69) is 68.5 Å². The largest absolute Gasteiger partial charge is 0.493 e. The van der Waals surface area contributed by atoms with Crippen LogP contribution >= 0.6 is 0 Å². The van der Waals surface area contributed by atoms with Crippen molar-refractivity contribution < 1.29 is 9.53 Å². The second kappa shape index (κ2) is 10.3. The fraction of sp³-hybridized carbons (Fsp3) is 0.406. The summed E-state index contributed by atoms with van der Waals surface area (Å²) in [5.74, 6) is 1.32. The van der Waals surface area contributed by atoms with Crippen molar-refractivity contribution in [3.05, 3.63) is 99.3 Å². The van der Waals surface area contributed by atoms with Gasteiger partial charge in [0.2, 0.25) is 5.91 Å². The van der Waals surface area contributed by atoms with Crippen LogP contribution < -0.4 is 0 Å². The van der Waals surface area contributed by atoms with E-state index < -0.39 is 0 Å². The van der Waals surface area contributed by atoms with Crippen molar-refractivity contribution in [1.29, 1.82) is 0 Å². The molecular weight excluding hydrogens is 430 g/mol.